The van der Waals surface area contributed by atoms with E-state index in [0.29, 0.717) is 6.54 Å². The first-order valence-corrected chi connectivity index (χ1v) is 9.16. The van der Waals surface area contributed by atoms with Crippen molar-refractivity contribution in [3.8, 4) is 5.75 Å². The molecule has 0 aliphatic carbocycles. The second-order valence-electron chi connectivity index (χ2n) is 6.86. The van der Waals surface area contributed by atoms with Gasteiger partial charge in [-0.15, -0.1) is 0 Å². The first-order valence-electron chi connectivity index (χ1n) is 9.16. The molecule has 1 saturated heterocycles. The molecule has 28 heavy (non-hydrogen) atoms. The summed E-state index contributed by atoms with van der Waals surface area (Å²) in [6, 6.07) is 10.9. The maximum atomic E-state index is 13.4. The number of hydrogen-bond donors (Lipinski definition) is 2. The maximum Gasteiger partial charge on any atom is 0.292 e. The van der Waals surface area contributed by atoms with Crippen LogP contribution >= 0.6 is 0 Å². The van der Waals surface area contributed by atoms with Crippen molar-refractivity contribution in [2.75, 3.05) is 18.6 Å². The molecule has 3 N–H and O–H groups in total. The normalized spacial score (nSPS) is 16.9. The summed E-state index contributed by atoms with van der Waals surface area (Å²) < 4.78 is 18.7. The van der Waals surface area contributed by atoms with Crippen LogP contribution in [0.1, 0.15) is 12.0 Å². The standard InChI is InChI=1S/C21H20FN3O3/c1-28-16-5-6-18-17(10-16)13(12-24-18)7-8-23-19-11-20(26)25(21(19)27)15-4-2-3-14(22)9-15/h2-6,9-10,12,19,23-24H,7-8,11H2,1H3/p+1/t19-/m1/s1. The van der Waals surface area contributed by atoms with Crippen molar-refractivity contribution in [1.82, 2.24) is 4.98 Å². The number of carbonyl (C=O) groups is 2. The van der Waals surface area contributed by atoms with Crippen LogP contribution in [0.15, 0.2) is 48.7 Å². The molecule has 4 rings (SSSR count). The molecule has 2 heterocycles. The fourth-order valence-corrected chi connectivity index (χ4v) is 3.66. The number of benzene rings is 2. The monoisotopic (exact) mass is 382 g/mol. The summed E-state index contributed by atoms with van der Waals surface area (Å²) in [6.45, 7) is 0.658. The molecule has 3 aromatic rings. The second kappa shape index (κ2) is 7.44. The zero-order valence-corrected chi connectivity index (χ0v) is 15.4. The van der Waals surface area contributed by atoms with E-state index in [1.54, 1.807) is 13.2 Å². The van der Waals surface area contributed by atoms with Crippen molar-refractivity contribution >= 4 is 28.4 Å². The van der Waals surface area contributed by atoms with Crippen molar-refractivity contribution in [2.24, 2.45) is 0 Å². The minimum absolute atomic E-state index is 0.122. The molecule has 1 fully saturated rings. The number of halogens is 1. The average molecular weight is 382 g/mol. The van der Waals surface area contributed by atoms with Gasteiger partial charge in [-0.2, -0.15) is 0 Å². The number of anilines is 1. The summed E-state index contributed by atoms with van der Waals surface area (Å²) in [7, 11) is 1.63. The summed E-state index contributed by atoms with van der Waals surface area (Å²) in [5.74, 6) is -0.273. The number of hydrogen-bond acceptors (Lipinski definition) is 3. The van der Waals surface area contributed by atoms with Crippen LogP contribution < -0.4 is 15.0 Å². The number of fused-ring (bicyclic) bond motifs is 1. The summed E-state index contributed by atoms with van der Waals surface area (Å²) in [5.41, 5.74) is 2.44. The van der Waals surface area contributed by atoms with Crippen molar-refractivity contribution < 1.29 is 24.0 Å². The molecule has 0 bridgehead atoms. The number of quaternary nitrogens is 1. The number of H-pyrrole nitrogens is 1. The van der Waals surface area contributed by atoms with Crippen molar-refractivity contribution in [2.45, 2.75) is 18.9 Å². The molecule has 0 unspecified atom stereocenters. The van der Waals surface area contributed by atoms with Crippen LogP contribution in [0.25, 0.3) is 10.9 Å². The predicted octanol–water partition coefficient (Wildman–Crippen LogP) is 1.75. The van der Waals surface area contributed by atoms with Crippen molar-refractivity contribution in [3.63, 3.8) is 0 Å². The third-order valence-corrected chi connectivity index (χ3v) is 5.09. The number of nitrogens with zero attached hydrogens (tertiary/aromatic N) is 1. The highest BCUT2D eigenvalue weighted by Gasteiger charge is 2.42. The molecule has 7 heteroatoms. The zero-order valence-electron chi connectivity index (χ0n) is 15.4. The van der Waals surface area contributed by atoms with Crippen LogP contribution in [-0.4, -0.2) is 36.5 Å². The van der Waals surface area contributed by atoms with Crippen molar-refractivity contribution in [1.29, 1.82) is 0 Å². The predicted molar refractivity (Wildman–Crippen MR) is 103 cm³/mol. The molecule has 1 atom stereocenters. The molecule has 2 amide bonds. The number of aromatic nitrogens is 1. The van der Waals surface area contributed by atoms with Crippen LogP contribution in [0.3, 0.4) is 0 Å². The molecule has 144 valence electrons. The lowest BCUT2D eigenvalue weighted by molar-refractivity contribution is -0.674. The first kappa shape index (κ1) is 18.2. The Morgan fingerprint density at radius 3 is 2.89 bits per heavy atom. The number of carbonyl (C=O) groups excluding carboxylic acids is 2. The van der Waals surface area contributed by atoms with Gasteiger partial charge in [0.25, 0.3) is 5.91 Å². The summed E-state index contributed by atoms with van der Waals surface area (Å²) in [6.07, 6.45) is 2.82. The van der Waals surface area contributed by atoms with Gasteiger partial charge in [0, 0.05) is 23.5 Å². The Morgan fingerprint density at radius 1 is 1.25 bits per heavy atom. The fraction of sp³-hybridized carbons (Fsp3) is 0.238. The number of imide groups is 1. The Hall–Kier alpha value is -3.19. The number of rotatable bonds is 6. The van der Waals surface area contributed by atoms with E-state index in [-0.39, 0.29) is 23.9 Å². The number of nitrogens with two attached hydrogens (primary N) is 1. The smallest absolute Gasteiger partial charge is 0.292 e. The molecular weight excluding hydrogens is 361 g/mol. The Bertz CT molecular complexity index is 1050. The van der Waals surface area contributed by atoms with Crippen LogP contribution in [0.2, 0.25) is 0 Å². The average Bonchev–Trinajstić information content (AvgIpc) is 3.21. The zero-order chi connectivity index (χ0) is 19.7. The minimum atomic E-state index is -0.476. The molecule has 0 saturated carbocycles. The molecule has 1 aromatic heterocycles. The molecule has 1 aliphatic rings. The minimum Gasteiger partial charge on any atom is -0.497 e. The van der Waals surface area contributed by atoms with E-state index in [0.717, 1.165) is 33.5 Å². The molecule has 0 radical (unpaired) electrons. The van der Waals surface area contributed by atoms with Crippen LogP contribution in [0, 0.1) is 5.82 Å². The largest absolute Gasteiger partial charge is 0.497 e. The topological polar surface area (TPSA) is 79.0 Å². The van der Waals surface area contributed by atoms with E-state index in [2.05, 4.69) is 4.98 Å². The lowest BCUT2D eigenvalue weighted by Gasteiger charge is -2.14. The molecular formula is C21H21FN3O3+. The van der Waals surface area contributed by atoms with Gasteiger partial charge < -0.3 is 15.0 Å². The van der Waals surface area contributed by atoms with Crippen LogP contribution in [0.5, 0.6) is 5.75 Å². The summed E-state index contributed by atoms with van der Waals surface area (Å²) >= 11 is 0. The van der Waals surface area contributed by atoms with Gasteiger partial charge in [-0.05, 0) is 42.0 Å². The van der Waals surface area contributed by atoms with E-state index in [1.807, 2.05) is 29.7 Å². The van der Waals surface area contributed by atoms with Gasteiger partial charge in [-0.1, -0.05) is 6.07 Å². The van der Waals surface area contributed by atoms with Gasteiger partial charge in [-0.25, -0.2) is 9.29 Å². The fourth-order valence-electron chi connectivity index (χ4n) is 3.66. The molecule has 1 aliphatic heterocycles. The van der Waals surface area contributed by atoms with Gasteiger partial charge in [0.1, 0.15) is 11.6 Å². The SMILES string of the molecule is COc1ccc2[nH]cc(CC[NH2+][C@@H]3CC(=O)N(c4cccc(F)c4)C3=O)c2c1. The van der Waals surface area contributed by atoms with Gasteiger partial charge in [0.05, 0.1) is 25.8 Å². The van der Waals surface area contributed by atoms with Crippen LogP contribution in [0.4, 0.5) is 10.1 Å². The lowest BCUT2D eigenvalue weighted by atomic mass is 10.1. The Labute approximate surface area is 161 Å². The molecule has 2 aromatic carbocycles. The number of nitrogens with one attached hydrogen (secondary N) is 1. The molecule has 0 spiro atoms. The Balaban J connectivity index is 1.42. The molecule has 6 nitrogen and oxygen atoms in total. The van der Waals surface area contributed by atoms with Crippen molar-refractivity contribution in [3.05, 3.63) is 60.0 Å². The van der Waals surface area contributed by atoms with Gasteiger partial charge in [0.15, 0.2) is 6.04 Å². The maximum absolute atomic E-state index is 13.4. The summed E-state index contributed by atoms with van der Waals surface area (Å²) in [5, 5.41) is 2.97. The Kier molecular flexibility index (Phi) is 4.83. The van der Waals surface area contributed by atoms with E-state index in [1.165, 1.54) is 18.2 Å². The Morgan fingerprint density at radius 2 is 2.11 bits per heavy atom. The number of amides is 2. The van der Waals surface area contributed by atoms with E-state index in [4.69, 9.17) is 4.74 Å². The van der Waals surface area contributed by atoms with E-state index < -0.39 is 11.9 Å². The highest BCUT2D eigenvalue weighted by Crippen LogP contribution is 2.24. The number of methoxy groups -OCH3 is 1. The third kappa shape index (κ3) is 3.36. The highest BCUT2D eigenvalue weighted by atomic mass is 19.1. The number of aromatic amines is 1. The first-order chi connectivity index (χ1) is 13.6. The number of ether oxygens (including phenoxy) is 1. The quantitative estimate of drug-likeness (QED) is 0.638. The van der Waals surface area contributed by atoms with E-state index in [9.17, 15) is 14.0 Å². The van der Waals surface area contributed by atoms with E-state index >= 15 is 0 Å². The van der Waals surface area contributed by atoms with Crippen LogP contribution in [-0.2, 0) is 16.0 Å². The lowest BCUT2D eigenvalue weighted by Crippen LogP contribution is -2.92. The van der Waals surface area contributed by atoms with Gasteiger partial charge in [-0.3, -0.25) is 9.59 Å². The van der Waals surface area contributed by atoms with Gasteiger partial charge >= 0.3 is 0 Å². The summed E-state index contributed by atoms with van der Waals surface area (Å²) in [4.78, 5) is 29.2. The third-order valence-electron chi connectivity index (χ3n) is 5.09. The second-order valence-corrected chi connectivity index (χ2v) is 6.86. The highest BCUT2D eigenvalue weighted by molar-refractivity contribution is 6.21. The van der Waals surface area contributed by atoms with Gasteiger partial charge in [0.2, 0.25) is 5.91 Å².